The lowest BCUT2D eigenvalue weighted by molar-refractivity contribution is -0.150. The van der Waals surface area contributed by atoms with E-state index in [1.807, 2.05) is 0 Å². The van der Waals surface area contributed by atoms with Crippen LogP contribution in [0.2, 0.25) is 0 Å². The van der Waals surface area contributed by atoms with Crippen LogP contribution in [0.5, 0.6) is 0 Å². The number of nitrogen functional groups attached to an aromatic ring is 1. The number of anilines is 1. The van der Waals surface area contributed by atoms with Crippen LogP contribution in [-0.4, -0.2) is 69.0 Å². The number of hydrogen-bond acceptors (Lipinski definition) is 9. The summed E-state index contributed by atoms with van der Waals surface area (Å²) >= 11 is 0. The Morgan fingerprint density at radius 1 is 1.35 bits per heavy atom. The van der Waals surface area contributed by atoms with Gasteiger partial charge in [0.15, 0.2) is 11.4 Å². The molecule has 1 aliphatic rings. The Hall–Kier alpha value is -2.56. The van der Waals surface area contributed by atoms with Crippen molar-refractivity contribution >= 4 is 23.5 Å². The van der Waals surface area contributed by atoms with Crippen molar-refractivity contribution in [1.29, 1.82) is 0 Å². The fourth-order valence-electron chi connectivity index (χ4n) is 3.92. The summed E-state index contributed by atoms with van der Waals surface area (Å²) in [5.74, 6) is -0.0839. The molecule has 0 aliphatic carbocycles. The summed E-state index contributed by atoms with van der Waals surface area (Å²) in [6.07, 6.45) is 4.57. The van der Waals surface area contributed by atoms with E-state index < -0.39 is 23.9 Å². The molecular weight excluding hydrogens is 402 g/mol. The second-order valence-electron chi connectivity index (χ2n) is 7.78. The second-order valence-corrected chi connectivity index (χ2v) is 7.78. The van der Waals surface area contributed by atoms with Crippen molar-refractivity contribution in [2.24, 2.45) is 4.99 Å². The van der Waals surface area contributed by atoms with Crippen molar-refractivity contribution in [2.75, 3.05) is 19.4 Å². The quantitative estimate of drug-likeness (QED) is 0.288. The Bertz CT molecular complexity index is 917. The van der Waals surface area contributed by atoms with Crippen LogP contribution in [0.1, 0.15) is 51.1 Å². The summed E-state index contributed by atoms with van der Waals surface area (Å²) in [4.78, 5) is 20.1. The first-order chi connectivity index (χ1) is 14.9. The zero-order valence-electron chi connectivity index (χ0n) is 18.0. The van der Waals surface area contributed by atoms with Gasteiger partial charge in [-0.05, 0) is 18.6 Å². The molecule has 2 aromatic rings. The largest absolute Gasteiger partial charge is 0.463 e. The summed E-state index contributed by atoms with van der Waals surface area (Å²) in [5, 5.41) is 25.7. The Balaban J connectivity index is 1.72. The molecule has 0 radical (unpaired) electrons. The smallest absolute Gasteiger partial charge is 0.305 e. The summed E-state index contributed by atoms with van der Waals surface area (Å²) in [7, 11) is 1.54. The minimum absolute atomic E-state index is 0.175. The zero-order valence-corrected chi connectivity index (χ0v) is 18.0. The van der Waals surface area contributed by atoms with Gasteiger partial charge in [0.25, 0.3) is 0 Å². The van der Waals surface area contributed by atoms with Gasteiger partial charge in [-0.15, -0.1) is 0 Å². The van der Waals surface area contributed by atoms with E-state index in [1.165, 1.54) is 24.1 Å². The first-order valence-corrected chi connectivity index (χ1v) is 10.7. The van der Waals surface area contributed by atoms with Crippen LogP contribution in [0.25, 0.3) is 5.52 Å². The van der Waals surface area contributed by atoms with Crippen LogP contribution in [0, 0.1) is 0 Å². The van der Waals surface area contributed by atoms with Crippen LogP contribution in [0.3, 0.4) is 0 Å². The topological polar surface area (TPSA) is 145 Å². The standard InChI is InChI=1S/C21H31N5O5/c1-3-4-5-6-7-8-17(27)30-11-15-18(28)19(29)21(31-15,12-23-2)16-10-9-14-20(22)24-13-25-26(14)16/h9-10,12-13,15,18-19,28-29H,3-8,11H2,1-2H3,(H2,22,24,25)/t15-,18-,19-,21+/m1/s1. The molecule has 0 unspecified atom stereocenters. The molecule has 3 rings (SSSR count). The third-order valence-electron chi connectivity index (χ3n) is 5.59. The number of aliphatic hydroxyl groups excluding tert-OH is 2. The normalized spacial score (nSPS) is 26.1. The molecule has 2 aromatic heterocycles. The van der Waals surface area contributed by atoms with Gasteiger partial charge >= 0.3 is 5.97 Å². The molecule has 3 heterocycles. The minimum atomic E-state index is -1.49. The van der Waals surface area contributed by atoms with Crippen LogP contribution in [0.15, 0.2) is 23.5 Å². The number of nitrogens with zero attached hydrogens (tertiary/aromatic N) is 4. The third kappa shape index (κ3) is 4.70. The molecule has 0 spiro atoms. The third-order valence-corrected chi connectivity index (χ3v) is 5.59. The van der Waals surface area contributed by atoms with Crippen molar-refractivity contribution in [3.63, 3.8) is 0 Å². The molecule has 1 saturated heterocycles. The highest BCUT2D eigenvalue weighted by Crippen LogP contribution is 2.39. The maximum Gasteiger partial charge on any atom is 0.305 e. The van der Waals surface area contributed by atoms with Gasteiger partial charge in [0, 0.05) is 19.7 Å². The van der Waals surface area contributed by atoms with Crippen molar-refractivity contribution in [1.82, 2.24) is 14.6 Å². The van der Waals surface area contributed by atoms with Gasteiger partial charge in [0.1, 0.15) is 36.8 Å². The number of nitrogens with two attached hydrogens (primary N) is 1. The van der Waals surface area contributed by atoms with E-state index in [4.69, 9.17) is 15.2 Å². The summed E-state index contributed by atoms with van der Waals surface area (Å²) in [6.45, 7) is 1.96. The highest BCUT2D eigenvalue weighted by Gasteiger charge is 2.56. The Labute approximate surface area is 181 Å². The van der Waals surface area contributed by atoms with E-state index >= 15 is 0 Å². The number of hydrogen-bond donors (Lipinski definition) is 3. The SMILES string of the molecule is CCCCCCCC(=O)OC[C@H]1O[C@@](C=NC)(c2ccc3c(N)ncnn23)[C@H](O)[C@@H]1O. The number of rotatable bonds is 10. The number of esters is 1. The molecule has 0 aromatic carbocycles. The first kappa shape index (κ1) is 23.1. The predicted octanol–water partition coefficient (Wildman–Crippen LogP) is 1.23. The van der Waals surface area contributed by atoms with E-state index in [0.717, 1.165) is 32.1 Å². The number of carbonyl (C=O) groups is 1. The van der Waals surface area contributed by atoms with E-state index in [-0.39, 0.29) is 18.4 Å². The van der Waals surface area contributed by atoms with Crippen molar-refractivity contribution < 1.29 is 24.5 Å². The number of aromatic nitrogens is 3. The van der Waals surface area contributed by atoms with Crippen LogP contribution in [0.4, 0.5) is 5.82 Å². The van der Waals surface area contributed by atoms with Crippen LogP contribution >= 0.6 is 0 Å². The number of aliphatic imine (C=N–C) groups is 1. The van der Waals surface area contributed by atoms with Crippen molar-refractivity contribution in [3.8, 4) is 0 Å². The monoisotopic (exact) mass is 433 g/mol. The Morgan fingerprint density at radius 3 is 2.87 bits per heavy atom. The number of aliphatic hydroxyl groups is 2. The van der Waals surface area contributed by atoms with Gasteiger partial charge in [-0.1, -0.05) is 32.6 Å². The maximum absolute atomic E-state index is 12.1. The van der Waals surface area contributed by atoms with Gasteiger partial charge < -0.3 is 25.4 Å². The van der Waals surface area contributed by atoms with Gasteiger partial charge in [0.2, 0.25) is 0 Å². The van der Waals surface area contributed by atoms with E-state index in [9.17, 15) is 15.0 Å². The van der Waals surface area contributed by atoms with Gasteiger partial charge in [0.05, 0.1) is 5.69 Å². The number of unbranched alkanes of at least 4 members (excludes halogenated alkanes) is 4. The van der Waals surface area contributed by atoms with Crippen molar-refractivity contribution in [2.45, 2.75) is 69.4 Å². The molecule has 4 atom stereocenters. The van der Waals surface area contributed by atoms with Gasteiger partial charge in [-0.25, -0.2) is 9.50 Å². The minimum Gasteiger partial charge on any atom is -0.463 e. The molecule has 1 fully saturated rings. The molecule has 0 amide bonds. The van der Waals surface area contributed by atoms with E-state index in [0.29, 0.717) is 17.6 Å². The molecule has 0 bridgehead atoms. The lowest BCUT2D eigenvalue weighted by Gasteiger charge is -2.27. The summed E-state index contributed by atoms with van der Waals surface area (Å²) < 4.78 is 12.9. The molecule has 1 aliphatic heterocycles. The Morgan fingerprint density at radius 2 is 2.13 bits per heavy atom. The van der Waals surface area contributed by atoms with E-state index in [2.05, 4.69) is 22.0 Å². The lowest BCUT2D eigenvalue weighted by atomic mass is 9.92. The first-order valence-electron chi connectivity index (χ1n) is 10.7. The maximum atomic E-state index is 12.1. The molecular formula is C21H31N5O5. The Kier molecular flexibility index (Phi) is 7.58. The highest BCUT2D eigenvalue weighted by molar-refractivity contribution is 5.75. The fourth-order valence-corrected chi connectivity index (χ4v) is 3.92. The molecule has 10 nitrogen and oxygen atoms in total. The van der Waals surface area contributed by atoms with Crippen LogP contribution in [-0.2, 0) is 19.9 Å². The molecule has 0 saturated carbocycles. The lowest BCUT2D eigenvalue weighted by Crippen LogP contribution is -2.43. The molecule has 4 N–H and O–H groups in total. The summed E-state index contributed by atoms with van der Waals surface area (Å²) in [6, 6.07) is 3.38. The second kappa shape index (κ2) is 10.2. The number of ether oxygens (including phenoxy) is 2. The zero-order chi connectivity index (χ0) is 22.4. The number of fused-ring (bicyclic) bond motifs is 1. The average molecular weight is 434 g/mol. The summed E-state index contributed by atoms with van der Waals surface area (Å²) in [5.41, 5.74) is 5.38. The van der Waals surface area contributed by atoms with Gasteiger partial charge in [-0.3, -0.25) is 9.79 Å². The van der Waals surface area contributed by atoms with Gasteiger partial charge in [-0.2, -0.15) is 5.10 Å². The van der Waals surface area contributed by atoms with Crippen molar-refractivity contribution in [3.05, 3.63) is 24.2 Å². The average Bonchev–Trinajstić information content (AvgIpc) is 3.29. The molecule has 10 heteroatoms. The van der Waals surface area contributed by atoms with E-state index in [1.54, 1.807) is 12.1 Å². The number of carbonyl (C=O) groups excluding carboxylic acids is 1. The predicted molar refractivity (Wildman–Crippen MR) is 115 cm³/mol. The van der Waals surface area contributed by atoms with Crippen LogP contribution < -0.4 is 5.73 Å². The molecule has 31 heavy (non-hydrogen) atoms. The molecule has 170 valence electrons. The highest BCUT2D eigenvalue weighted by atomic mass is 16.6. The fraction of sp³-hybridized carbons (Fsp3) is 0.619.